The third-order valence-corrected chi connectivity index (χ3v) is 5.03. The number of fused-ring (bicyclic) bond motifs is 1. The molecule has 94 valence electrons. The first-order valence-electron chi connectivity index (χ1n) is 6.61. The van der Waals surface area contributed by atoms with Crippen LogP contribution >= 0.6 is 11.5 Å². The highest BCUT2D eigenvalue weighted by Gasteiger charge is 2.35. The predicted molar refractivity (Wildman–Crippen MR) is 70.2 cm³/mol. The van der Waals surface area contributed by atoms with Crippen molar-refractivity contribution in [2.24, 2.45) is 5.92 Å². The Balaban J connectivity index is 1.71. The van der Waals surface area contributed by atoms with Gasteiger partial charge in [0.15, 0.2) is 0 Å². The Bertz CT molecular complexity index is 378. The maximum atomic E-state index is 4.26. The Morgan fingerprint density at radius 1 is 1.35 bits per heavy atom. The van der Waals surface area contributed by atoms with Crippen LogP contribution in [-0.2, 0) is 6.54 Å². The van der Waals surface area contributed by atoms with Crippen LogP contribution in [0.3, 0.4) is 0 Å². The third kappa shape index (κ3) is 2.18. The van der Waals surface area contributed by atoms with Crippen LogP contribution in [0.25, 0.3) is 0 Å². The van der Waals surface area contributed by atoms with E-state index in [0.29, 0.717) is 0 Å². The number of hydrogen-bond donors (Lipinski definition) is 1. The molecule has 17 heavy (non-hydrogen) atoms. The molecule has 0 spiro atoms. The summed E-state index contributed by atoms with van der Waals surface area (Å²) >= 11 is 1.46. The van der Waals surface area contributed by atoms with E-state index in [1.54, 1.807) is 0 Å². The molecule has 2 aliphatic rings. The van der Waals surface area contributed by atoms with Crippen LogP contribution in [0, 0.1) is 5.92 Å². The van der Waals surface area contributed by atoms with Gasteiger partial charge >= 0.3 is 0 Å². The van der Waals surface area contributed by atoms with Crippen LogP contribution in [0.1, 0.15) is 37.8 Å². The summed E-state index contributed by atoms with van der Waals surface area (Å²) in [6, 6.07) is 0.815. The minimum Gasteiger partial charge on any atom is -0.377 e. The number of likely N-dealkylation sites (tertiary alicyclic amines) is 1. The minimum atomic E-state index is 0.815. The number of nitrogens with zero attached hydrogens (tertiary/aromatic N) is 3. The van der Waals surface area contributed by atoms with Crippen molar-refractivity contribution in [3.63, 3.8) is 0 Å². The number of piperidine rings is 1. The molecular formula is C12H20N4S. The summed E-state index contributed by atoms with van der Waals surface area (Å²) in [6.45, 7) is 2.22. The second kappa shape index (κ2) is 4.90. The van der Waals surface area contributed by atoms with E-state index >= 15 is 0 Å². The summed E-state index contributed by atoms with van der Waals surface area (Å²) in [5.41, 5.74) is 1.13. The van der Waals surface area contributed by atoms with Gasteiger partial charge in [-0.1, -0.05) is 10.9 Å². The molecule has 1 aromatic rings. The number of rotatable bonds is 3. The molecule has 0 aromatic carbocycles. The third-order valence-electron chi connectivity index (χ3n) is 4.24. The fraction of sp³-hybridized carbons (Fsp3) is 0.833. The molecule has 5 heteroatoms. The second-order valence-corrected chi connectivity index (χ2v) is 5.92. The van der Waals surface area contributed by atoms with Crippen LogP contribution in [0.4, 0.5) is 5.00 Å². The summed E-state index contributed by atoms with van der Waals surface area (Å²) in [5, 5.41) is 8.58. The van der Waals surface area contributed by atoms with Gasteiger partial charge in [0.1, 0.15) is 10.7 Å². The first-order chi connectivity index (χ1) is 8.38. The maximum Gasteiger partial charge on any atom is 0.134 e. The second-order valence-electron chi connectivity index (χ2n) is 5.17. The highest BCUT2D eigenvalue weighted by Crippen LogP contribution is 2.37. The molecule has 1 N–H and O–H groups in total. The average molecular weight is 252 g/mol. The van der Waals surface area contributed by atoms with E-state index in [2.05, 4.69) is 19.8 Å². The van der Waals surface area contributed by atoms with Gasteiger partial charge in [-0.3, -0.25) is 4.90 Å². The summed E-state index contributed by atoms with van der Waals surface area (Å²) in [4.78, 5) is 2.64. The lowest BCUT2D eigenvalue weighted by atomic mass is 9.92. The molecule has 0 radical (unpaired) electrons. The minimum absolute atomic E-state index is 0.815. The normalized spacial score (nSPS) is 29.2. The highest BCUT2D eigenvalue weighted by molar-refractivity contribution is 7.10. The zero-order valence-electron chi connectivity index (χ0n) is 10.4. The van der Waals surface area contributed by atoms with Crippen molar-refractivity contribution in [1.29, 1.82) is 0 Å². The SMILES string of the molecule is CNc1snnc1CN1CCCC2CCCC21. The monoisotopic (exact) mass is 252 g/mol. The van der Waals surface area contributed by atoms with Crippen molar-refractivity contribution < 1.29 is 0 Å². The lowest BCUT2D eigenvalue weighted by Crippen LogP contribution is -2.42. The molecule has 2 fully saturated rings. The summed E-state index contributed by atoms with van der Waals surface area (Å²) in [5.74, 6) is 0.952. The average Bonchev–Trinajstić information content (AvgIpc) is 2.97. The van der Waals surface area contributed by atoms with Crippen LogP contribution in [-0.4, -0.2) is 34.1 Å². The maximum absolute atomic E-state index is 4.26. The lowest BCUT2D eigenvalue weighted by molar-refractivity contribution is 0.104. The van der Waals surface area contributed by atoms with E-state index < -0.39 is 0 Å². The molecule has 0 bridgehead atoms. The van der Waals surface area contributed by atoms with E-state index in [0.717, 1.165) is 29.2 Å². The smallest absolute Gasteiger partial charge is 0.134 e. The van der Waals surface area contributed by atoms with E-state index in [9.17, 15) is 0 Å². The summed E-state index contributed by atoms with van der Waals surface area (Å²) in [7, 11) is 1.95. The van der Waals surface area contributed by atoms with Gasteiger partial charge in [-0.25, -0.2) is 0 Å². The van der Waals surface area contributed by atoms with Crippen molar-refractivity contribution in [2.75, 3.05) is 18.9 Å². The lowest BCUT2D eigenvalue weighted by Gasteiger charge is -2.37. The quantitative estimate of drug-likeness (QED) is 0.896. The molecule has 4 nitrogen and oxygen atoms in total. The molecule has 2 atom stereocenters. The Hall–Kier alpha value is -0.680. The van der Waals surface area contributed by atoms with E-state index in [4.69, 9.17) is 0 Å². The largest absolute Gasteiger partial charge is 0.377 e. The van der Waals surface area contributed by atoms with Gasteiger partial charge in [0.25, 0.3) is 0 Å². The fourth-order valence-electron chi connectivity index (χ4n) is 3.45. The topological polar surface area (TPSA) is 41.1 Å². The van der Waals surface area contributed by atoms with Crippen molar-refractivity contribution in [1.82, 2.24) is 14.5 Å². The van der Waals surface area contributed by atoms with Gasteiger partial charge < -0.3 is 5.32 Å². The van der Waals surface area contributed by atoms with Crippen LogP contribution in [0.15, 0.2) is 0 Å². The number of anilines is 1. The number of hydrogen-bond acceptors (Lipinski definition) is 5. The van der Waals surface area contributed by atoms with Crippen molar-refractivity contribution in [3.8, 4) is 0 Å². The predicted octanol–water partition coefficient (Wildman–Crippen LogP) is 2.34. The van der Waals surface area contributed by atoms with Crippen LogP contribution < -0.4 is 5.32 Å². The van der Waals surface area contributed by atoms with Gasteiger partial charge in [0.05, 0.1) is 0 Å². The molecule has 1 aromatic heterocycles. The number of nitrogens with one attached hydrogen (secondary N) is 1. The van der Waals surface area contributed by atoms with Crippen molar-refractivity contribution >= 4 is 16.5 Å². The Morgan fingerprint density at radius 2 is 2.24 bits per heavy atom. The van der Waals surface area contributed by atoms with Crippen molar-refractivity contribution in [3.05, 3.63) is 5.69 Å². The zero-order valence-corrected chi connectivity index (χ0v) is 11.2. The van der Waals surface area contributed by atoms with Gasteiger partial charge in [0, 0.05) is 31.2 Å². The summed E-state index contributed by atoms with van der Waals surface area (Å²) in [6.07, 6.45) is 7.04. The molecule has 1 aliphatic carbocycles. The van der Waals surface area contributed by atoms with Gasteiger partial charge in [-0.15, -0.1) is 5.10 Å². The molecule has 3 rings (SSSR count). The van der Waals surface area contributed by atoms with E-state index in [1.165, 1.54) is 50.2 Å². The Morgan fingerprint density at radius 3 is 3.12 bits per heavy atom. The molecule has 1 aliphatic heterocycles. The molecule has 1 saturated heterocycles. The highest BCUT2D eigenvalue weighted by atomic mass is 32.1. The Kier molecular flexibility index (Phi) is 3.29. The van der Waals surface area contributed by atoms with Gasteiger partial charge in [-0.05, 0) is 38.1 Å². The summed E-state index contributed by atoms with van der Waals surface area (Å²) < 4.78 is 4.05. The standard InChI is InChI=1S/C12H20N4S/c1-13-12-10(14-15-17-12)8-16-7-3-5-9-4-2-6-11(9)16/h9,11,13H,2-8H2,1H3. The van der Waals surface area contributed by atoms with Crippen LogP contribution in [0.2, 0.25) is 0 Å². The molecular weight excluding hydrogens is 232 g/mol. The van der Waals surface area contributed by atoms with E-state index in [-0.39, 0.29) is 0 Å². The van der Waals surface area contributed by atoms with Gasteiger partial charge in [-0.2, -0.15) is 0 Å². The Labute approximate surface area is 107 Å². The van der Waals surface area contributed by atoms with Crippen LogP contribution in [0.5, 0.6) is 0 Å². The molecule has 2 unspecified atom stereocenters. The number of aromatic nitrogens is 2. The first kappa shape index (κ1) is 11.4. The van der Waals surface area contributed by atoms with E-state index in [1.807, 2.05) is 7.05 Å². The first-order valence-corrected chi connectivity index (χ1v) is 7.39. The van der Waals surface area contributed by atoms with Crippen molar-refractivity contribution in [2.45, 2.75) is 44.7 Å². The molecule has 2 heterocycles. The fourth-order valence-corrected chi connectivity index (χ4v) is 3.97. The van der Waals surface area contributed by atoms with Gasteiger partial charge in [0.2, 0.25) is 0 Å². The molecule has 1 saturated carbocycles. The molecule has 0 amide bonds. The zero-order chi connectivity index (χ0) is 11.7.